The van der Waals surface area contributed by atoms with Gasteiger partial charge in [-0.1, -0.05) is 19.3 Å². The quantitative estimate of drug-likeness (QED) is 0.762. The molecular weight excluding hydrogens is 367 g/mol. The first-order valence-corrected chi connectivity index (χ1v) is 8.94. The van der Waals surface area contributed by atoms with Gasteiger partial charge in [0.05, 0.1) is 16.6 Å². The maximum absolute atomic E-state index is 12.2. The second-order valence-corrected chi connectivity index (χ2v) is 7.04. The lowest BCUT2D eigenvalue weighted by molar-refractivity contribution is 0.0958. The number of halogens is 2. The number of carbonyl (C=O) groups is 1. The van der Waals surface area contributed by atoms with Crippen LogP contribution in [0.4, 0.5) is 0 Å². The lowest BCUT2D eigenvalue weighted by atomic mass is 9.96. The van der Waals surface area contributed by atoms with E-state index in [-0.39, 0.29) is 30.7 Å². The fourth-order valence-corrected chi connectivity index (χ4v) is 4.29. The Balaban J connectivity index is 0.00000144. The zero-order chi connectivity index (χ0) is 15.5. The van der Waals surface area contributed by atoms with Crippen molar-refractivity contribution in [2.45, 2.75) is 45.1 Å². The average Bonchev–Trinajstić information content (AvgIpc) is 3.09. The molecule has 0 atom stereocenters. The number of nitrogens with zero attached hydrogens (tertiary/aromatic N) is 2. The minimum absolute atomic E-state index is 0. The van der Waals surface area contributed by atoms with Gasteiger partial charge in [0, 0.05) is 18.5 Å². The van der Waals surface area contributed by atoms with Crippen LogP contribution in [0.2, 0.25) is 0 Å². The van der Waals surface area contributed by atoms with Crippen molar-refractivity contribution in [3.63, 3.8) is 0 Å². The summed E-state index contributed by atoms with van der Waals surface area (Å²) in [5, 5.41) is 11.8. The Bertz CT molecular complexity index is 664. The molecule has 1 aliphatic rings. The molecule has 0 saturated heterocycles. The number of fused-ring (bicyclic) bond motifs is 1. The summed E-state index contributed by atoms with van der Waals surface area (Å²) in [7, 11) is 1.88. The number of amides is 1. The molecule has 1 aliphatic carbocycles. The summed E-state index contributed by atoms with van der Waals surface area (Å²) in [5.74, 6) is 0.0195. The predicted molar refractivity (Wildman–Crippen MR) is 105 cm³/mol. The number of aryl methyl sites for hydroxylation is 1. The van der Waals surface area contributed by atoms with Crippen molar-refractivity contribution in [1.82, 2.24) is 20.4 Å². The molecule has 3 rings (SSSR count). The Labute approximate surface area is 159 Å². The molecule has 2 aromatic heterocycles. The van der Waals surface area contributed by atoms with Crippen LogP contribution in [-0.2, 0) is 0 Å². The molecule has 136 valence electrons. The van der Waals surface area contributed by atoms with E-state index >= 15 is 0 Å². The van der Waals surface area contributed by atoms with E-state index in [0.717, 1.165) is 27.3 Å². The van der Waals surface area contributed by atoms with Crippen LogP contribution in [0.3, 0.4) is 0 Å². The molecule has 2 N–H and O–H groups in total. The molecule has 1 saturated carbocycles. The van der Waals surface area contributed by atoms with Crippen molar-refractivity contribution in [1.29, 1.82) is 0 Å². The molecule has 2 heterocycles. The zero-order valence-electron chi connectivity index (χ0n) is 14.1. The molecule has 0 bridgehead atoms. The summed E-state index contributed by atoms with van der Waals surface area (Å²) in [6.45, 7) is 3.47. The number of thiophene rings is 1. The highest BCUT2D eigenvalue weighted by atomic mass is 35.5. The fraction of sp³-hybridized carbons (Fsp3) is 0.625. The largest absolute Gasteiger partial charge is 0.350 e. The van der Waals surface area contributed by atoms with Gasteiger partial charge in [0.15, 0.2) is 0 Å². The van der Waals surface area contributed by atoms with Gasteiger partial charge >= 0.3 is 0 Å². The van der Waals surface area contributed by atoms with Crippen LogP contribution in [0.25, 0.3) is 10.2 Å². The predicted octanol–water partition coefficient (Wildman–Crippen LogP) is 3.70. The summed E-state index contributed by atoms with van der Waals surface area (Å²) in [4.78, 5) is 14.2. The van der Waals surface area contributed by atoms with Gasteiger partial charge in [-0.05, 0) is 32.9 Å². The van der Waals surface area contributed by atoms with E-state index < -0.39 is 0 Å². The summed E-state index contributed by atoms with van der Waals surface area (Å²) in [6.07, 6.45) is 6.32. The number of hydrogen-bond donors (Lipinski definition) is 2. The van der Waals surface area contributed by atoms with Crippen LogP contribution in [0.15, 0.2) is 6.07 Å². The Morgan fingerprint density at radius 1 is 1.29 bits per heavy atom. The first-order valence-electron chi connectivity index (χ1n) is 8.12. The summed E-state index contributed by atoms with van der Waals surface area (Å²) < 4.78 is 2.18. The number of likely N-dealkylation sites (N-methyl/N-ethyl adjacent to an activating group) is 1. The van der Waals surface area contributed by atoms with E-state index in [1.165, 1.54) is 32.1 Å². The molecule has 0 spiro atoms. The van der Waals surface area contributed by atoms with Crippen molar-refractivity contribution in [3.05, 3.63) is 16.6 Å². The summed E-state index contributed by atoms with van der Waals surface area (Å²) >= 11 is 1.57. The summed E-state index contributed by atoms with van der Waals surface area (Å²) in [5.41, 5.74) is 1.03. The number of aromatic nitrogens is 2. The van der Waals surface area contributed by atoms with Crippen molar-refractivity contribution < 1.29 is 4.79 Å². The topological polar surface area (TPSA) is 58.9 Å². The monoisotopic (exact) mass is 392 g/mol. The van der Waals surface area contributed by atoms with Gasteiger partial charge in [0.1, 0.15) is 4.83 Å². The second kappa shape index (κ2) is 9.61. The van der Waals surface area contributed by atoms with Crippen LogP contribution < -0.4 is 10.6 Å². The molecule has 0 unspecified atom stereocenters. The molecule has 8 heteroatoms. The number of carbonyl (C=O) groups excluding carboxylic acids is 1. The van der Waals surface area contributed by atoms with Gasteiger partial charge in [0.2, 0.25) is 0 Å². The maximum atomic E-state index is 12.2. The Kier molecular flexibility index (Phi) is 8.50. The van der Waals surface area contributed by atoms with Crippen LogP contribution in [0.5, 0.6) is 0 Å². The molecule has 0 aliphatic heterocycles. The van der Waals surface area contributed by atoms with Crippen LogP contribution in [0.1, 0.15) is 53.5 Å². The minimum atomic E-state index is 0. The Morgan fingerprint density at radius 3 is 2.67 bits per heavy atom. The van der Waals surface area contributed by atoms with Gasteiger partial charge in [-0.3, -0.25) is 9.48 Å². The van der Waals surface area contributed by atoms with Crippen molar-refractivity contribution in [2.24, 2.45) is 0 Å². The molecule has 2 aromatic rings. The highest BCUT2D eigenvalue weighted by molar-refractivity contribution is 7.20. The third-order valence-electron chi connectivity index (χ3n) is 4.37. The normalized spacial score (nSPS) is 14.9. The standard InChI is InChI=1S/C16H24N4OS.2ClH/c1-11-13-10-14(15(21)18-9-8-17-2)22-16(13)20(19-11)12-6-4-3-5-7-12;;/h10,12,17H,3-9H2,1-2H3,(H,18,21);2*1H. The average molecular weight is 393 g/mol. The van der Waals surface area contributed by atoms with E-state index in [2.05, 4.69) is 15.3 Å². The van der Waals surface area contributed by atoms with E-state index in [0.29, 0.717) is 12.6 Å². The highest BCUT2D eigenvalue weighted by Crippen LogP contribution is 2.35. The first-order chi connectivity index (χ1) is 10.7. The van der Waals surface area contributed by atoms with E-state index in [1.807, 2.05) is 20.0 Å². The van der Waals surface area contributed by atoms with Crippen molar-refractivity contribution >= 4 is 52.3 Å². The van der Waals surface area contributed by atoms with Gasteiger partial charge < -0.3 is 10.6 Å². The zero-order valence-corrected chi connectivity index (χ0v) is 16.6. The van der Waals surface area contributed by atoms with Crippen molar-refractivity contribution in [3.8, 4) is 0 Å². The number of nitrogens with one attached hydrogen (secondary N) is 2. The Hall–Kier alpha value is -0.820. The van der Waals surface area contributed by atoms with Gasteiger partial charge in [0.25, 0.3) is 5.91 Å². The van der Waals surface area contributed by atoms with Crippen LogP contribution in [0, 0.1) is 6.92 Å². The molecule has 1 fully saturated rings. The van der Waals surface area contributed by atoms with E-state index in [4.69, 9.17) is 5.10 Å². The van der Waals surface area contributed by atoms with Crippen LogP contribution in [-0.4, -0.2) is 35.8 Å². The summed E-state index contributed by atoms with van der Waals surface area (Å²) in [6, 6.07) is 2.50. The maximum Gasteiger partial charge on any atom is 0.261 e. The van der Waals surface area contributed by atoms with Crippen LogP contribution >= 0.6 is 36.2 Å². The van der Waals surface area contributed by atoms with E-state index in [9.17, 15) is 4.79 Å². The van der Waals surface area contributed by atoms with Gasteiger partial charge in [-0.2, -0.15) is 5.10 Å². The molecule has 5 nitrogen and oxygen atoms in total. The van der Waals surface area contributed by atoms with Gasteiger partial charge in [-0.25, -0.2) is 0 Å². The molecule has 0 aromatic carbocycles. The second-order valence-electron chi connectivity index (χ2n) is 6.01. The molecule has 1 amide bonds. The van der Waals surface area contributed by atoms with E-state index in [1.54, 1.807) is 11.3 Å². The van der Waals surface area contributed by atoms with Gasteiger partial charge in [-0.15, -0.1) is 36.2 Å². The fourth-order valence-electron chi connectivity index (χ4n) is 3.14. The minimum Gasteiger partial charge on any atom is -0.350 e. The lowest BCUT2D eigenvalue weighted by Crippen LogP contribution is -2.29. The molecular formula is C16H26Cl2N4OS. The molecule has 24 heavy (non-hydrogen) atoms. The third kappa shape index (κ3) is 4.42. The third-order valence-corrected chi connectivity index (χ3v) is 5.50. The Morgan fingerprint density at radius 2 is 2.00 bits per heavy atom. The lowest BCUT2D eigenvalue weighted by Gasteiger charge is -2.22. The SMILES string of the molecule is CNCCNC(=O)c1cc2c(C)nn(C3CCCCC3)c2s1.Cl.Cl. The highest BCUT2D eigenvalue weighted by Gasteiger charge is 2.22. The number of rotatable bonds is 5. The first kappa shape index (κ1) is 21.2. The molecule has 0 radical (unpaired) electrons. The number of hydrogen-bond acceptors (Lipinski definition) is 4. The smallest absolute Gasteiger partial charge is 0.261 e. The van der Waals surface area contributed by atoms with Crippen molar-refractivity contribution in [2.75, 3.05) is 20.1 Å².